The van der Waals surface area contributed by atoms with E-state index in [2.05, 4.69) is 20.6 Å². The summed E-state index contributed by atoms with van der Waals surface area (Å²) in [6.07, 6.45) is 2.32. The fraction of sp³-hybridized carbons (Fsp3) is 0.545. The van der Waals surface area contributed by atoms with E-state index in [1.165, 1.54) is 6.33 Å². The topological polar surface area (TPSA) is 102 Å². The molecule has 1 amide bonds. The second-order valence-electron chi connectivity index (χ2n) is 3.60. The van der Waals surface area contributed by atoms with Crippen LogP contribution in [0.4, 0.5) is 11.6 Å². The Morgan fingerprint density at radius 3 is 2.78 bits per heavy atom. The maximum absolute atomic E-state index is 10.5. The zero-order valence-electron chi connectivity index (χ0n) is 10.7. The molecule has 18 heavy (non-hydrogen) atoms. The lowest BCUT2D eigenvalue weighted by Gasteiger charge is -2.12. The van der Waals surface area contributed by atoms with Crippen molar-refractivity contribution in [1.29, 1.82) is 0 Å². The molecule has 0 spiro atoms. The molecule has 1 aromatic heterocycles. The van der Waals surface area contributed by atoms with Gasteiger partial charge in [0.2, 0.25) is 5.91 Å². The summed E-state index contributed by atoms with van der Waals surface area (Å²) in [7, 11) is 1.82. The van der Waals surface area contributed by atoms with Crippen LogP contribution >= 0.6 is 0 Å². The van der Waals surface area contributed by atoms with Crippen molar-refractivity contribution in [2.45, 2.75) is 13.3 Å². The number of amides is 1. The van der Waals surface area contributed by atoms with Crippen LogP contribution in [0.5, 0.6) is 0 Å². The molecule has 0 fully saturated rings. The fourth-order valence-corrected chi connectivity index (χ4v) is 1.53. The van der Waals surface area contributed by atoms with Crippen molar-refractivity contribution >= 4 is 17.5 Å². The molecule has 1 rings (SSSR count). The first kappa shape index (κ1) is 14.2. The molecule has 0 aliphatic rings. The number of rotatable bonds is 8. The number of hydrogen-bond acceptors (Lipinski definition) is 6. The van der Waals surface area contributed by atoms with Gasteiger partial charge in [-0.2, -0.15) is 0 Å². The van der Waals surface area contributed by atoms with Crippen LogP contribution in [0.25, 0.3) is 0 Å². The molecular weight excluding hydrogens is 234 g/mol. The maximum atomic E-state index is 10.5. The third-order valence-electron chi connectivity index (χ3n) is 2.32. The number of primary amides is 1. The molecule has 0 radical (unpaired) electrons. The molecule has 0 aromatic carbocycles. The van der Waals surface area contributed by atoms with E-state index in [1.54, 1.807) is 0 Å². The highest BCUT2D eigenvalue weighted by molar-refractivity contribution is 5.74. The van der Waals surface area contributed by atoms with Crippen molar-refractivity contribution < 1.29 is 9.53 Å². The van der Waals surface area contributed by atoms with Gasteiger partial charge in [0.1, 0.15) is 24.6 Å². The number of aromatic nitrogens is 2. The van der Waals surface area contributed by atoms with E-state index in [0.29, 0.717) is 13.2 Å². The lowest BCUT2D eigenvalue weighted by atomic mass is 10.2. The highest BCUT2D eigenvalue weighted by atomic mass is 16.5. The third kappa shape index (κ3) is 4.17. The Morgan fingerprint density at radius 2 is 2.17 bits per heavy atom. The van der Waals surface area contributed by atoms with E-state index in [4.69, 9.17) is 10.5 Å². The van der Waals surface area contributed by atoms with Crippen molar-refractivity contribution in [2.75, 3.05) is 37.4 Å². The first-order valence-corrected chi connectivity index (χ1v) is 5.80. The number of nitrogens with one attached hydrogen (secondary N) is 2. The van der Waals surface area contributed by atoms with E-state index in [-0.39, 0.29) is 6.61 Å². The van der Waals surface area contributed by atoms with Crippen LogP contribution in [0.2, 0.25) is 0 Å². The summed E-state index contributed by atoms with van der Waals surface area (Å²) >= 11 is 0. The average Bonchev–Trinajstić information content (AvgIpc) is 2.37. The van der Waals surface area contributed by atoms with Crippen molar-refractivity contribution in [2.24, 2.45) is 5.73 Å². The van der Waals surface area contributed by atoms with Crippen LogP contribution in [-0.4, -0.2) is 42.7 Å². The van der Waals surface area contributed by atoms with Crippen LogP contribution in [-0.2, 0) is 16.0 Å². The van der Waals surface area contributed by atoms with E-state index in [0.717, 1.165) is 23.6 Å². The molecule has 100 valence electrons. The normalized spacial score (nSPS) is 10.1. The standard InChI is InChI=1S/C11H19N5O2/c1-3-8-10(13-2)15-7-16-11(8)14-4-5-18-6-9(12)17/h7H,3-6H2,1-2H3,(H2,12,17)(H2,13,14,15,16). The van der Waals surface area contributed by atoms with Gasteiger partial charge in [-0.3, -0.25) is 4.79 Å². The van der Waals surface area contributed by atoms with Gasteiger partial charge in [0.25, 0.3) is 0 Å². The van der Waals surface area contributed by atoms with Gasteiger partial charge in [0, 0.05) is 19.2 Å². The summed E-state index contributed by atoms with van der Waals surface area (Å²) in [6.45, 7) is 2.92. The Kier molecular flexibility index (Phi) is 5.86. The van der Waals surface area contributed by atoms with Crippen LogP contribution in [0.15, 0.2) is 6.33 Å². The highest BCUT2D eigenvalue weighted by Gasteiger charge is 2.07. The first-order valence-electron chi connectivity index (χ1n) is 5.80. The number of carbonyl (C=O) groups excluding carboxylic acids is 1. The lowest BCUT2D eigenvalue weighted by Crippen LogP contribution is -2.21. The van der Waals surface area contributed by atoms with Crippen molar-refractivity contribution in [3.8, 4) is 0 Å². The second-order valence-corrected chi connectivity index (χ2v) is 3.60. The molecule has 1 heterocycles. The quantitative estimate of drug-likeness (QED) is 0.563. The van der Waals surface area contributed by atoms with E-state index >= 15 is 0 Å². The summed E-state index contributed by atoms with van der Waals surface area (Å²) in [5.41, 5.74) is 5.98. The highest BCUT2D eigenvalue weighted by Crippen LogP contribution is 2.19. The van der Waals surface area contributed by atoms with E-state index in [9.17, 15) is 4.79 Å². The minimum atomic E-state index is -0.469. The monoisotopic (exact) mass is 253 g/mol. The van der Waals surface area contributed by atoms with Gasteiger partial charge in [-0.05, 0) is 6.42 Å². The number of carbonyl (C=O) groups is 1. The molecule has 7 nitrogen and oxygen atoms in total. The first-order chi connectivity index (χ1) is 8.69. The number of nitrogens with zero attached hydrogens (tertiary/aromatic N) is 2. The van der Waals surface area contributed by atoms with Gasteiger partial charge in [0.05, 0.1) is 6.61 Å². The molecular formula is C11H19N5O2. The number of anilines is 2. The Bertz CT molecular complexity index is 397. The Labute approximate surface area is 106 Å². The average molecular weight is 253 g/mol. The number of ether oxygens (including phenoxy) is 1. The Balaban J connectivity index is 2.49. The molecule has 0 aliphatic heterocycles. The predicted octanol–water partition coefficient (Wildman–Crippen LogP) is -0.00550. The number of hydrogen-bond donors (Lipinski definition) is 3. The summed E-state index contributed by atoms with van der Waals surface area (Å²) in [5.74, 6) is 1.12. The van der Waals surface area contributed by atoms with Crippen molar-refractivity contribution in [1.82, 2.24) is 9.97 Å². The smallest absolute Gasteiger partial charge is 0.243 e. The molecule has 0 saturated carbocycles. The van der Waals surface area contributed by atoms with Gasteiger partial charge in [-0.1, -0.05) is 6.92 Å². The zero-order chi connectivity index (χ0) is 13.4. The molecule has 0 aliphatic carbocycles. The predicted molar refractivity (Wildman–Crippen MR) is 69.5 cm³/mol. The van der Waals surface area contributed by atoms with E-state index < -0.39 is 5.91 Å². The van der Waals surface area contributed by atoms with Gasteiger partial charge >= 0.3 is 0 Å². The molecule has 7 heteroatoms. The Morgan fingerprint density at radius 1 is 1.44 bits per heavy atom. The molecule has 1 aromatic rings. The fourth-order valence-electron chi connectivity index (χ4n) is 1.53. The van der Waals surface area contributed by atoms with Gasteiger partial charge in [-0.25, -0.2) is 9.97 Å². The molecule has 0 bridgehead atoms. The number of nitrogens with two attached hydrogens (primary N) is 1. The summed E-state index contributed by atoms with van der Waals surface area (Å²) in [5, 5.41) is 6.16. The second kappa shape index (κ2) is 7.44. The lowest BCUT2D eigenvalue weighted by molar-refractivity contribution is -0.122. The molecule has 0 atom stereocenters. The minimum absolute atomic E-state index is 0.0617. The van der Waals surface area contributed by atoms with Crippen LogP contribution in [0, 0.1) is 0 Å². The largest absolute Gasteiger partial charge is 0.373 e. The minimum Gasteiger partial charge on any atom is -0.373 e. The van der Waals surface area contributed by atoms with Gasteiger partial charge in [-0.15, -0.1) is 0 Å². The van der Waals surface area contributed by atoms with Crippen molar-refractivity contribution in [3.05, 3.63) is 11.9 Å². The maximum Gasteiger partial charge on any atom is 0.243 e. The SMILES string of the molecule is CCc1c(NC)ncnc1NCCOCC(N)=O. The van der Waals surface area contributed by atoms with E-state index in [1.807, 2.05) is 14.0 Å². The Hall–Kier alpha value is -1.89. The van der Waals surface area contributed by atoms with Gasteiger partial charge < -0.3 is 21.1 Å². The van der Waals surface area contributed by atoms with Crippen LogP contribution in [0.1, 0.15) is 12.5 Å². The summed E-state index contributed by atoms with van der Waals surface area (Å²) < 4.78 is 5.05. The zero-order valence-corrected chi connectivity index (χ0v) is 10.7. The van der Waals surface area contributed by atoms with Crippen LogP contribution < -0.4 is 16.4 Å². The molecule has 0 unspecified atom stereocenters. The van der Waals surface area contributed by atoms with Crippen molar-refractivity contribution in [3.63, 3.8) is 0 Å². The van der Waals surface area contributed by atoms with Gasteiger partial charge in [0.15, 0.2) is 0 Å². The summed E-state index contributed by atoms with van der Waals surface area (Å²) in [6, 6.07) is 0. The third-order valence-corrected chi connectivity index (χ3v) is 2.32. The summed E-state index contributed by atoms with van der Waals surface area (Å²) in [4.78, 5) is 18.8. The van der Waals surface area contributed by atoms with Crippen LogP contribution in [0.3, 0.4) is 0 Å². The molecule has 4 N–H and O–H groups in total. The molecule has 0 saturated heterocycles.